The van der Waals surface area contributed by atoms with Crippen molar-refractivity contribution in [2.75, 3.05) is 11.4 Å². The number of nitrogens with zero attached hydrogens (tertiary/aromatic N) is 3. The van der Waals surface area contributed by atoms with Gasteiger partial charge in [-0.15, -0.1) is 0 Å². The van der Waals surface area contributed by atoms with Crippen molar-refractivity contribution in [2.24, 2.45) is 5.73 Å². The summed E-state index contributed by atoms with van der Waals surface area (Å²) in [6, 6.07) is 8.54. The summed E-state index contributed by atoms with van der Waals surface area (Å²) >= 11 is 0. The lowest BCUT2D eigenvalue weighted by Crippen LogP contribution is -2.43. The molecule has 94 valence electrons. The lowest BCUT2D eigenvalue weighted by Gasteiger charge is -2.34. The maximum Gasteiger partial charge on any atom is 0.127 e. The van der Waals surface area contributed by atoms with Gasteiger partial charge in [-0.25, -0.2) is 4.63 Å². The van der Waals surface area contributed by atoms with Gasteiger partial charge in [-0.2, -0.15) is 0 Å². The zero-order valence-electron chi connectivity index (χ0n) is 10.3. The molecule has 1 aliphatic rings. The van der Waals surface area contributed by atoms with Crippen molar-refractivity contribution in [3.63, 3.8) is 0 Å². The molecule has 18 heavy (non-hydrogen) atoms. The van der Waals surface area contributed by atoms with Crippen LogP contribution in [-0.2, 0) is 13.0 Å². The Morgan fingerprint density at radius 2 is 2.22 bits per heavy atom. The number of benzene rings is 1. The second-order valence-corrected chi connectivity index (χ2v) is 4.77. The molecule has 0 spiro atoms. The molecule has 2 heterocycles. The van der Waals surface area contributed by atoms with Crippen LogP contribution in [0.25, 0.3) is 0 Å². The summed E-state index contributed by atoms with van der Waals surface area (Å²) < 4.78 is 4.74. The molecule has 1 aliphatic heterocycles. The normalized spacial score (nSPS) is 18.8. The fourth-order valence-electron chi connectivity index (χ4n) is 2.44. The third-order valence-electron chi connectivity index (χ3n) is 3.36. The van der Waals surface area contributed by atoms with E-state index in [1.54, 1.807) is 0 Å². The quantitative estimate of drug-likeness (QED) is 0.861. The van der Waals surface area contributed by atoms with Crippen LogP contribution in [0.2, 0.25) is 0 Å². The van der Waals surface area contributed by atoms with E-state index in [0.29, 0.717) is 6.54 Å². The molecule has 1 aromatic heterocycles. The van der Waals surface area contributed by atoms with Crippen LogP contribution in [0.1, 0.15) is 17.0 Å². The van der Waals surface area contributed by atoms with Gasteiger partial charge in [0.1, 0.15) is 11.4 Å². The van der Waals surface area contributed by atoms with Gasteiger partial charge in [-0.3, -0.25) is 0 Å². The minimum atomic E-state index is 0.167. The number of hydrogen-bond donors (Lipinski definition) is 1. The lowest BCUT2D eigenvalue weighted by molar-refractivity contribution is 0.301. The SMILES string of the molecule is Cc1nonc1CN1CC(N)Cc2ccccc21. The first-order valence-corrected chi connectivity index (χ1v) is 6.10. The average molecular weight is 244 g/mol. The first kappa shape index (κ1) is 11.2. The van der Waals surface area contributed by atoms with Gasteiger partial charge in [0.15, 0.2) is 0 Å². The molecule has 3 rings (SSSR count). The van der Waals surface area contributed by atoms with Crippen LogP contribution < -0.4 is 10.6 Å². The summed E-state index contributed by atoms with van der Waals surface area (Å²) in [5.74, 6) is 0. The molecule has 0 aliphatic carbocycles. The largest absolute Gasteiger partial charge is 0.364 e. The van der Waals surface area contributed by atoms with Crippen LogP contribution in [0.3, 0.4) is 0 Å². The molecular formula is C13H16N4O. The van der Waals surface area contributed by atoms with E-state index in [2.05, 4.69) is 39.5 Å². The topological polar surface area (TPSA) is 68.2 Å². The third kappa shape index (κ3) is 1.97. The molecule has 5 nitrogen and oxygen atoms in total. The van der Waals surface area contributed by atoms with E-state index >= 15 is 0 Å². The molecule has 1 aromatic carbocycles. The van der Waals surface area contributed by atoms with Gasteiger partial charge in [0.25, 0.3) is 0 Å². The van der Waals surface area contributed by atoms with E-state index in [-0.39, 0.29) is 6.04 Å². The van der Waals surface area contributed by atoms with Gasteiger partial charge in [0.05, 0.1) is 6.54 Å². The summed E-state index contributed by atoms with van der Waals surface area (Å²) in [4.78, 5) is 2.25. The molecule has 0 radical (unpaired) electrons. The second-order valence-electron chi connectivity index (χ2n) is 4.77. The summed E-state index contributed by atoms with van der Waals surface area (Å²) in [6.07, 6.45) is 0.933. The summed E-state index contributed by atoms with van der Waals surface area (Å²) in [5, 5.41) is 7.75. The Bertz CT molecular complexity index is 551. The molecule has 2 N–H and O–H groups in total. The molecule has 1 unspecified atom stereocenters. The Balaban J connectivity index is 1.91. The van der Waals surface area contributed by atoms with Crippen molar-refractivity contribution in [3.05, 3.63) is 41.2 Å². The highest BCUT2D eigenvalue weighted by Crippen LogP contribution is 2.27. The molecule has 1 atom stereocenters. The number of anilines is 1. The number of aryl methyl sites for hydroxylation is 1. The van der Waals surface area contributed by atoms with Crippen molar-refractivity contribution in [1.29, 1.82) is 0 Å². The van der Waals surface area contributed by atoms with Crippen molar-refractivity contribution >= 4 is 5.69 Å². The Hall–Kier alpha value is -1.88. The Morgan fingerprint density at radius 1 is 1.39 bits per heavy atom. The second kappa shape index (κ2) is 4.42. The molecule has 0 saturated heterocycles. The Morgan fingerprint density at radius 3 is 3.00 bits per heavy atom. The Labute approximate surface area is 106 Å². The fraction of sp³-hybridized carbons (Fsp3) is 0.385. The molecule has 2 aromatic rings. The number of aromatic nitrogens is 2. The monoisotopic (exact) mass is 244 g/mol. The molecule has 0 fully saturated rings. The van der Waals surface area contributed by atoms with Crippen LogP contribution >= 0.6 is 0 Å². The standard InChI is InChI=1S/C13H16N4O/c1-9-12(16-18-15-9)8-17-7-11(14)6-10-4-2-3-5-13(10)17/h2-5,11H,6-8,14H2,1H3. The molecule has 5 heteroatoms. The minimum absolute atomic E-state index is 0.167. The smallest absolute Gasteiger partial charge is 0.127 e. The summed E-state index contributed by atoms with van der Waals surface area (Å²) in [7, 11) is 0. The van der Waals surface area contributed by atoms with E-state index in [9.17, 15) is 0 Å². The first-order valence-electron chi connectivity index (χ1n) is 6.10. The number of hydrogen-bond acceptors (Lipinski definition) is 5. The van der Waals surface area contributed by atoms with Crippen LogP contribution in [0.4, 0.5) is 5.69 Å². The van der Waals surface area contributed by atoms with Gasteiger partial charge in [-0.1, -0.05) is 28.5 Å². The van der Waals surface area contributed by atoms with Crippen molar-refractivity contribution in [2.45, 2.75) is 25.9 Å². The fourth-order valence-corrected chi connectivity index (χ4v) is 2.44. The first-order chi connectivity index (χ1) is 8.74. The number of para-hydroxylation sites is 1. The predicted molar refractivity (Wildman–Crippen MR) is 68.2 cm³/mol. The zero-order valence-corrected chi connectivity index (χ0v) is 10.3. The maximum absolute atomic E-state index is 6.11. The van der Waals surface area contributed by atoms with Crippen molar-refractivity contribution in [3.8, 4) is 0 Å². The van der Waals surface area contributed by atoms with Gasteiger partial charge in [0, 0.05) is 18.3 Å². The minimum Gasteiger partial charge on any atom is -0.364 e. The van der Waals surface area contributed by atoms with E-state index in [1.807, 2.05) is 6.92 Å². The lowest BCUT2D eigenvalue weighted by atomic mass is 9.98. The molecule has 0 amide bonds. The number of nitrogens with two attached hydrogens (primary N) is 1. The van der Waals surface area contributed by atoms with Gasteiger partial charge in [0.2, 0.25) is 0 Å². The van der Waals surface area contributed by atoms with Crippen LogP contribution in [0.5, 0.6) is 0 Å². The third-order valence-corrected chi connectivity index (χ3v) is 3.36. The molecular weight excluding hydrogens is 228 g/mol. The van der Waals surface area contributed by atoms with Gasteiger partial charge >= 0.3 is 0 Å². The molecule has 0 bridgehead atoms. The zero-order chi connectivity index (χ0) is 12.5. The number of rotatable bonds is 2. The highest BCUT2D eigenvalue weighted by atomic mass is 16.6. The van der Waals surface area contributed by atoms with E-state index < -0.39 is 0 Å². The van der Waals surface area contributed by atoms with Gasteiger partial charge < -0.3 is 10.6 Å². The average Bonchev–Trinajstić information content (AvgIpc) is 2.75. The predicted octanol–water partition coefficient (Wildman–Crippen LogP) is 1.27. The van der Waals surface area contributed by atoms with Crippen LogP contribution in [0, 0.1) is 6.92 Å². The van der Waals surface area contributed by atoms with E-state index in [0.717, 1.165) is 24.4 Å². The van der Waals surface area contributed by atoms with E-state index in [1.165, 1.54) is 11.3 Å². The van der Waals surface area contributed by atoms with Crippen molar-refractivity contribution < 1.29 is 4.63 Å². The van der Waals surface area contributed by atoms with Crippen LogP contribution in [0.15, 0.2) is 28.9 Å². The van der Waals surface area contributed by atoms with Crippen LogP contribution in [-0.4, -0.2) is 22.9 Å². The summed E-state index contributed by atoms with van der Waals surface area (Å²) in [5.41, 5.74) is 10.4. The maximum atomic E-state index is 6.11. The highest BCUT2D eigenvalue weighted by molar-refractivity contribution is 5.56. The van der Waals surface area contributed by atoms with Crippen molar-refractivity contribution in [1.82, 2.24) is 10.3 Å². The van der Waals surface area contributed by atoms with Gasteiger partial charge in [-0.05, 0) is 25.0 Å². The highest BCUT2D eigenvalue weighted by Gasteiger charge is 2.23. The Kier molecular flexibility index (Phi) is 2.76. The van der Waals surface area contributed by atoms with E-state index in [4.69, 9.17) is 10.4 Å². The molecule has 0 saturated carbocycles. The summed E-state index contributed by atoms with van der Waals surface area (Å²) in [6.45, 7) is 3.44. The number of fused-ring (bicyclic) bond motifs is 1.